The summed E-state index contributed by atoms with van der Waals surface area (Å²) in [6.45, 7) is 1.47. The number of H-pyrrole nitrogens is 1. The minimum Gasteiger partial charge on any atom is -0.356 e. The lowest BCUT2D eigenvalue weighted by Crippen LogP contribution is -2.38. The third-order valence-corrected chi connectivity index (χ3v) is 6.92. The molecule has 2 aliphatic rings. The molecule has 0 saturated carbocycles. The van der Waals surface area contributed by atoms with Crippen LogP contribution in [-0.4, -0.2) is 49.5 Å². The molecule has 3 aromatic heterocycles. The van der Waals surface area contributed by atoms with Gasteiger partial charge in [0.15, 0.2) is 5.65 Å². The van der Waals surface area contributed by atoms with E-state index in [2.05, 4.69) is 42.3 Å². The number of amides is 1. The summed E-state index contributed by atoms with van der Waals surface area (Å²) in [5.41, 5.74) is 4.30. The first-order chi connectivity index (χ1) is 16.7. The molecule has 172 valence electrons. The fourth-order valence-corrected chi connectivity index (χ4v) is 5.24. The molecule has 4 aromatic rings. The molecule has 1 aromatic carbocycles. The summed E-state index contributed by atoms with van der Waals surface area (Å²) < 4.78 is 1.82. The number of rotatable bonds is 4. The molecule has 1 saturated heterocycles. The highest BCUT2D eigenvalue weighted by atomic mass is 16.2. The van der Waals surface area contributed by atoms with Gasteiger partial charge in [0.25, 0.3) is 5.91 Å². The van der Waals surface area contributed by atoms with Crippen LogP contribution in [-0.2, 0) is 12.8 Å². The average molecular weight is 456 g/mol. The van der Waals surface area contributed by atoms with E-state index in [-0.39, 0.29) is 23.7 Å². The highest BCUT2D eigenvalue weighted by molar-refractivity contribution is 5.93. The number of hydrogen-bond donors (Lipinski definition) is 2. The van der Waals surface area contributed by atoms with Gasteiger partial charge in [-0.1, -0.05) is 24.3 Å². The second-order valence-electron chi connectivity index (χ2n) is 9.00. The van der Waals surface area contributed by atoms with Crippen molar-refractivity contribution < 1.29 is 4.79 Å². The third kappa shape index (κ3) is 3.72. The number of nitrogens with zero attached hydrogens (tertiary/aromatic N) is 5. The maximum atomic E-state index is 12.9. The van der Waals surface area contributed by atoms with E-state index >= 15 is 0 Å². The lowest BCUT2D eigenvalue weighted by molar-refractivity contribution is 0.0933. The van der Waals surface area contributed by atoms with Crippen molar-refractivity contribution in [2.24, 2.45) is 0 Å². The van der Waals surface area contributed by atoms with Crippen molar-refractivity contribution in [2.45, 2.75) is 37.8 Å². The topological polar surface area (TPSA) is 109 Å². The van der Waals surface area contributed by atoms with Crippen molar-refractivity contribution in [3.05, 3.63) is 82.3 Å². The number of carbonyl (C=O) groups excluding carboxylic acids is 1. The van der Waals surface area contributed by atoms with Crippen LogP contribution in [0.5, 0.6) is 0 Å². The molecule has 2 N–H and O–H groups in total. The average Bonchev–Trinajstić information content (AvgIpc) is 3.43. The smallest absolute Gasteiger partial charge is 0.327 e. The van der Waals surface area contributed by atoms with E-state index in [1.54, 1.807) is 12.3 Å². The predicted molar refractivity (Wildman–Crippen MR) is 128 cm³/mol. The number of pyridine rings is 1. The molecule has 0 spiro atoms. The molecule has 4 heterocycles. The van der Waals surface area contributed by atoms with Crippen LogP contribution >= 0.6 is 0 Å². The van der Waals surface area contributed by atoms with Crippen LogP contribution in [0.3, 0.4) is 0 Å². The number of piperidine rings is 1. The SMILES string of the molecule is O=C(NC1Cc2ccccc2C1)c1cc(N2CCC(n3c(=O)[nH]c4ncccc43)CC2)ncn1. The van der Waals surface area contributed by atoms with E-state index in [4.69, 9.17) is 0 Å². The van der Waals surface area contributed by atoms with Gasteiger partial charge in [-0.2, -0.15) is 0 Å². The van der Waals surface area contributed by atoms with Crippen LogP contribution in [0.25, 0.3) is 11.2 Å². The molecule has 0 unspecified atom stereocenters. The molecule has 0 radical (unpaired) electrons. The molecule has 0 atom stereocenters. The van der Waals surface area contributed by atoms with Gasteiger partial charge in [-0.05, 0) is 48.9 Å². The lowest BCUT2D eigenvalue weighted by Gasteiger charge is -2.33. The number of benzene rings is 1. The van der Waals surface area contributed by atoms with Crippen LogP contribution in [0.4, 0.5) is 5.82 Å². The number of imidazole rings is 1. The van der Waals surface area contributed by atoms with Crippen LogP contribution in [0.1, 0.15) is 40.5 Å². The number of hydrogen-bond acceptors (Lipinski definition) is 6. The molecule has 1 aliphatic carbocycles. The number of aromatic nitrogens is 5. The first-order valence-corrected chi connectivity index (χ1v) is 11.7. The van der Waals surface area contributed by atoms with Gasteiger partial charge >= 0.3 is 5.69 Å². The fraction of sp³-hybridized carbons (Fsp3) is 0.320. The second-order valence-corrected chi connectivity index (χ2v) is 9.00. The van der Waals surface area contributed by atoms with Crippen molar-refractivity contribution in [2.75, 3.05) is 18.0 Å². The Hall–Kier alpha value is -4.01. The summed E-state index contributed by atoms with van der Waals surface area (Å²) >= 11 is 0. The van der Waals surface area contributed by atoms with Gasteiger partial charge in [-0.25, -0.2) is 19.7 Å². The molecule has 1 fully saturated rings. The Kier molecular flexibility index (Phi) is 5.09. The highest BCUT2D eigenvalue weighted by Gasteiger charge is 2.26. The van der Waals surface area contributed by atoms with Crippen LogP contribution in [0.2, 0.25) is 0 Å². The standard InChI is InChI=1S/C25H25N7O2/c33-24(29-18-12-16-4-1-2-5-17(16)13-18)20-14-22(28-15-27-20)31-10-7-19(8-11-31)32-21-6-3-9-26-23(21)30-25(32)34/h1-6,9,14-15,18-19H,7-8,10-13H2,(H,29,33)(H,26,30,34). The van der Waals surface area contributed by atoms with E-state index < -0.39 is 0 Å². The minimum absolute atomic E-state index is 0.0861. The predicted octanol–water partition coefficient (Wildman–Crippen LogP) is 2.25. The summed E-state index contributed by atoms with van der Waals surface area (Å²) in [4.78, 5) is 43.3. The van der Waals surface area contributed by atoms with Gasteiger partial charge in [0, 0.05) is 37.4 Å². The molecule has 1 aliphatic heterocycles. The summed E-state index contributed by atoms with van der Waals surface area (Å²) in [5.74, 6) is 0.565. The molecule has 9 nitrogen and oxygen atoms in total. The van der Waals surface area contributed by atoms with Crippen molar-refractivity contribution >= 4 is 22.9 Å². The first-order valence-electron chi connectivity index (χ1n) is 11.7. The summed E-state index contributed by atoms with van der Waals surface area (Å²) in [7, 11) is 0. The van der Waals surface area contributed by atoms with E-state index in [0.717, 1.165) is 50.1 Å². The zero-order valence-corrected chi connectivity index (χ0v) is 18.6. The molecular formula is C25H25N7O2. The van der Waals surface area contributed by atoms with Crippen LogP contribution in [0, 0.1) is 0 Å². The quantitative estimate of drug-likeness (QED) is 0.489. The van der Waals surface area contributed by atoms with Crippen molar-refractivity contribution in [3.63, 3.8) is 0 Å². The molecule has 1 amide bonds. The number of fused-ring (bicyclic) bond motifs is 2. The fourth-order valence-electron chi connectivity index (χ4n) is 5.24. The van der Waals surface area contributed by atoms with E-state index in [9.17, 15) is 9.59 Å². The van der Waals surface area contributed by atoms with Crippen molar-refractivity contribution in [1.82, 2.24) is 29.8 Å². The van der Waals surface area contributed by atoms with Crippen LogP contribution < -0.4 is 15.9 Å². The van der Waals surface area contributed by atoms with Crippen molar-refractivity contribution in [1.29, 1.82) is 0 Å². The Labute approximate surface area is 195 Å². The Balaban J connectivity index is 1.12. The molecule has 0 bridgehead atoms. The van der Waals surface area contributed by atoms with Crippen LogP contribution in [0.15, 0.2) is 59.8 Å². The van der Waals surface area contributed by atoms with Gasteiger partial charge in [-0.3, -0.25) is 14.3 Å². The maximum absolute atomic E-state index is 12.9. The number of carbonyl (C=O) groups is 1. The Morgan fingerprint density at radius 3 is 2.53 bits per heavy atom. The second kappa shape index (κ2) is 8.40. The molecular weight excluding hydrogens is 430 g/mol. The summed E-state index contributed by atoms with van der Waals surface area (Å²) in [6, 6.07) is 14.0. The van der Waals surface area contributed by atoms with E-state index in [1.807, 2.05) is 28.8 Å². The largest absolute Gasteiger partial charge is 0.356 e. The first kappa shape index (κ1) is 20.6. The summed E-state index contributed by atoms with van der Waals surface area (Å²) in [5, 5.41) is 3.13. The minimum atomic E-state index is -0.172. The summed E-state index contributed by atoms with van der Waals surface area (Å²) in [6.07, 6.45) is 6.42. The van der Waals surface area contributed by atoms with Gasteiger partial charge in [0.05, 0.1) is 5.52 Å². The molecule has 6 rings (SSSR count). The van der Waals surface area contributed by atoms with Gasteiger partial charge in [0.2, 0.25) is 0 Å². The highest BCUT2D eigenvalue weighted by Crippen LogP contribution is 2.27. The zero-order valence-electron chi connectivity index (χ0n) is 18.6. The molecule has 9 heteroatoms. The molecule has 34 heavy (non-hydrogen) atoms. The number of nitrogens with one attached hydrogen (secondary N) is 2. The Bertz CT molecular complexity index is 1390. The Morgan fingerprint density at radius 1 is 1.00 bits per heavy atom. The van der Waals surface area contributed by atoms with Gasteiger partial charge in [-0.15, -0.1) is 0 Å². The Morgan fingerprint density at radius 2 is 1.76 bits per heavy atom. The normalized spacial score (nSPS) is 16.6. The third-order valence-electron chi connectivity index (χ3n) is 6.92. The van der Waals surface area contributed by atoms with E-state index in [1.165, 1.54) is 17.5 Å². The number of aromatic amines is 1. The zero-order chi connectivity index (χ0) is 23.1. The lowest BCUT2D eigenvalue weighted by atomic mass is 10.0. The maximum Gasteiger partial charge on any atom is 0.327 e. The van der Waals surface area contributed by atoms with Gasteiger partial charge in [0.1, 0.15) is 17.8 Å². The monoisotopic (exact) mass is 455 g/mol. The van der Waals surface area contributed by atoms with Gasteiger partial charge < -0.3 is 10.2 Å². The number of anilines is 1. The van der Waals surface area contributed by atoms with E-state index in [0.29, 0.717) is 11.3 Å². The van der Waals surface area contributed by atoms with Crippen molar-refractivity contribution in [3.8, 4) is 0 Å².